The number of alkyl carbamates (subject to hydrolysis) is 1. The van der Waals surface area contributed by atoms with Crippen molar-refractivity contribution in [1.29, 1.82) is 0 Å². The van der Waals surface area contributed by atoms with Crippen LogP contribution in [0.4, 0.5) is 4.79 Å². The Morgan fingerprint density at radius 2 is 1.69 bits per heavy atom. The standard InChI is InChI=1S/C43H53N5O7/c49-36-15-13-34(35-14-16-39(51)45-41(35)36)37(50)28-44-22-4-5-27-54-33-11-8-30(9-12-33)10-17-40(52)48-25-20-43(21-26-48,32-6-2-1-3-7-32)46-42(53)55-38-29-47-23-18-31(38)19-24-47/h1-3,6-9,11-16,31,37-38,44,49-50H,4-5,10,17-29H2,(H,45,51)(H,46,53)/t37-,38-/m0/s1. The second kappa shape index (κ2) is 17.7. The van der Waals surface area contributed by atoms with Gasteiger partial charge < -0.3 is 40.2 Å². The Morgan fingerprint density at radius 1 is 0.927 bits per heavy atom. The van der Waals surface area contributed by atoms with Gasteiger partial charge in [-0.25, -0.2) is 4.79 Å². The minimum atomic E-state index is -0.794. The van der Waals surface area contributed by atoms with Gasteiger partial charge in [-0.1, -0.05) is 48.5 Å². The molecule has 0 radical (unpaired) electrons. The highest BCUT2D eigenvalue weighted by molar-refractivity contribution is 5.87. The molecule has 2 atom stereocenters. The molecule has 4 aliphatic rings. The van der Waals surface area contributed by atoms with Crippen LogP contribution in [0.1, 0.15) is 67.7 Å². The van der Waals surface area contributed by atoms with Crippen LogP contribution in [-0.4, -0.2) is 95.5 Å². The normalized spacial score (nSPS) is 20.9. The Labute approximate surface area is 321 Å². The van der Waals surface area contributed by atoms with Crippen molar-refractivity contribution in [2.24, 2.45) is 5.92 Å². The fourth-order valence-electron chi connectivity index (χ4n) is 8.39. The van der Waals surface area contributed by atoms with Gasteiger partial charge in [0.25, 0.3) is 0 Å². The molecule has 5 N–H and O–H groups in total. The molecule has 4 aromatic rings. The number of hydrogen-bond acceptors (Lipinski definition) is 9. The maximum atomic E-state index is 13.3. The third-order valence-electron chi connectivity index (χ3n) is 11.7. The average molecular weight is 752 g/mol. The number of aromatic amines is 1. The molecule has 12 heteroatoms. The number of carbonyl (C=O) groups excluding carboxylic acids is 2. The predicted molar refractivity (Wildman–Crippen MR) is 210 cm³/mol. The molecule has 12 nitrogen and oxygen atoms in total. The molecular formula is C43H53N5O7. The van der Waals surface area contributed by atoms with E-state index in [2.05, 4.69) is 32.7 Å². The molecule has 0 unspecified atom stereocenters. The predicted octanol–water partition coefficient (Wildman–Crippen LogP) is 4.99. The number of aliphatic hydroxyl groups excluding tert-OH is 1. The van der Waals surface area contributed by atoms with Crippen LogP contribution in [0.2, 0.25) is 0 Å². The molecule has 4 fully saturated rings. The largest absolute Gasteiger partial charge is 0.506 e. The van der Waals surface area contributed by atoms with Gasteiger partial charge in [-0.2, -0.15) is 0 Å². The van der Waals surface area contributed by atoms with Gasteiger partial charge in [0.05, 0.1) is 23.8 Å². The Balaban J connectivity index is 0.803. The lowest BCUT2D eigenvalue weighted by Crippen LogP contribution is -2.56. The third kappa shape index (κ3) is 9.49. The number of aromatic nitrogens is 1. The summed E-state index contributed by atoms with van der Waals surface area (Å²) in [6.45, 7) is 5.73. The number of nitrogens with zero attached hydrogens (tertiary/aromatic N) is 2. The number of ether oxygens (including phenoxy) is 2. The molecule has 2 bridgehead atoms. The maximum absolute atomic E-state index is 13.3. The number of benzene rings is 3. The van der Waals surface area contributed by atoms with E-state index in [1.807, 2.05) is 47.4 Å². The summed E-state index contributed by atoms with van der Waals surface area (Å²) in [6.07, 6.45) is 4.96. The minimum Gasteiger partial charge on any atom is -0.506 e. The van der Waals surface area contributed by atoms with Crippen molar-refractivity contribution in [3.05, 3.63) is 106 Å². The lowest BCUT2D eigenvalue weighted by molar-refractivity contribution is -0.133. The van der Waals surface area contributed by atoms with Crippen molar-refractivity contribution in [1.82, 2.24) is 25.4 Å². The van der Waals surface area contributed by atoms with E-state index in [9.17, 15) is 24.6 Å². The molecule has 3 aromatic carbocycles. The van der Waals surface area contributed by atoms with Crippen LogP contribution in [0.15, 0.2) is 83.7 Å². The molecule has 0 saturated carbocycles. The number of rotatable bonds is 15. The third-order valence-corrected chi connectivity index (χ3v) is 11.7. The van der Waals surface area contributed by atoms with E-state index < -0.39 is 11.6 Å². The van der Waals surface area contributed by atoms with Gasteiger partial charge in [-0.05, 0) is 111 Å². The zero-order valence-corrected chi connectivity index (χ0v) is 31.4. The first-order valence-corrected chi connectivity index (χ1v) is 19.8. The van der Waals surface area contributed by atoms with Gasteiger partial charge >= 0.3 is 6.09 Å². The fourth-order valence-corrected chi connectivity index (χ4v) is 8.39. The molecular weight excluding hydrogens is 699 g/mol. The van der Waals surface area contributed by atoms with E-state index in [1.54, 1.807) is 12.1 Å². The van der Waals surface area contributed by atoms with Crippen LogP contribution in [0, 0.1) is 5.92 Å². The zero-order chi connectivity index (χ0) is 38.2. The number of hydrogen-bond donors (Lipinski definition) is 5. The maximum Gasteiger partial charge on any atom is 0.408 e. The Hall–Kier alpha value is -4.91. The summed E-state index contributed by atoms with van der Waals surface area (Å²) in [7, 11) is 0. The quantitative estimate of drug-likeness (QED) is 0.106. The molecule has 55 heavy (non-hydrogen) atoms. The Morgan fingerprint density at radius 3 is 2.42 bits per heavy atom. The first-order valence-electron chi connectivity index (χ1n) is 19.8. The van der Waals surface area contributed by atoms with E-state index in [0.717, 1.165) is 62.2 Å². The van der Waals surface area contributed by atoms with Gasteiger partial charge in [-0.3, -0.25) is 14.5 Å². The average Bonchev–Trinajstić information content (AvgIpc) is 3.21. The molecule has 0 spiro atoms. The van der Waals surface area contributed by atoms with Crippen molar-refractivity contribution in [2.45, 2.75) is 69.1 Å². The Kier molecular flexibility index (Phi) is 12.3. The minimum absolute atomic E-state index is 0.0319. The molecule has 0 aliphatic carbocycles. The van der Waals surface area contributed by atoms with Crippen molar-refractivity contribution in [3.63, 3.8) is 0 Å². The van der Waals surface area contributed by atoms with Crippen LogP contribution in [0.5, 0.6) is 11.5 Å². The number of H-pyrrole nitrogens is 1. The smallest absolute Gasteiger partial charge is 0.408 e. The van der Waals surface area contributed by atoms with Crippen LogP contribution in [-0.2, 0) is 21.5 Å². The van der Waals surface area contributed by atoms with Crippen LogP contribution in [0.25, 0.3) is 10.9 Å². The number of piperidine rings is 4. The Bertz CT molecular complexity index is 1950. The number of amides is 2. The van der Waals surface area contributed by atoms with Crippen LogP contribution < -0.4 is 20.9 Å². The van der Waals surface area contributed by atoms with Gasteiger partial charge in [0, 0.05) is 44.1 Å². The van der Waals surface area contributed by atoms with Gasteiger partial charge in [0.2, 0.25) is 11.5 Å². The number of nitrogens with one attached hydrogen (secondary N) is 3. The first-order chi connectivity index (χ1) is 26.8. The number of fused-ring (bicyclic) bond motifs is 4. The molecule has 5 heterocycles. The van der Waals surface area contributed by atoms with E-state index in [1.165, 1.54) is 12.1 Å². The zero-order valence-electron chi connectivity index (χ0n) is 31.4. The molecule has 2 amide bonds. The van der Waals surface area contributed by atoms with E-state index in [4.69, 9.17) is 9.47 Å². The number of aryl methyl sites for hydroxylation is 1. The van der Waals surface area contributed by atoms with Gasteiger partial charge in [0.1, 0.15) is 17.6 Å². The van der Waals surface area contributed by atoms with Crippen molar-refractivity contribution in [3.8, 4) is 11.5 Å². The van der Waals surface area contributed by atoms with Crippen molar-refractivity contribution in [2.75, 3.05) is 52.4 Å². The van der Waals surface area contributed by atoms with Crippen molar-refractivity contribution >= 4 is 22.9 Å². The highest BCUT2D eigenvalue weighted by Crippen LogP contribution is 2.35. The molecule has 4 aliphatic heterocycles. The number of pyridine rings is 1. The summed E-state index contributed by atoms with van der Waals surface area (Å²) in [4.78, 5) is 45.2. The van der Waals surface area contributed by atoms with E-state index in [-0.39, 0.29) is 29.4 Å². The number of aliphatic hydroxyl groups is 1. The van der Waals surface area contributed by atoms with Crippen molar-refractivity contribution < 1.29 is 29.3 Å². The van der Waals surface area contributed by atoms with E-state index >= 15 is 0 Å². The van der Waals surface area contributed by atoms with Crippen LogP contribution >= 0.6 is 0 Å². The monoisotopic (exact) mass is 751 g/mol. The highest BCUT2D eigenvalue weighted by Gasteiger charge is 2.41. The van der Waals surface area contributed by atoms with Gasteiger partial charge in [0.15, 0.2) is 0 Å². The highest BCUT2D eigenvalue weighted by atomic mass is 16.6. The second-order valence-corrected chi connectivity index (χ2v) is 15.2. The summed E-state index contributed by atoms with van der Waals surface area (Å²) in [5, 5.41) is 28.0. The fraction of sp³-hybridized carbons (Fsp3) is 0.465. The number of likely N-dealkylation sites (tertiary alicyclic amines) is 1. The number of carbonyl (C=O) groups is 2. The molecule has 1 aromatic heterocycles. The summed E-state index contributed by atoms with van der Waals surface area (Å²) >= 11 is 0. The lowest BCUT2D eigenvalue weighted by atomic mass is 9.80. The SMILES string of the molecule is O=C(NC1(c2ccccc2)CCN(C(=O)CCc2ccc(OCCCCNC[C@H](O)c3ccc(O)c4[nH]c(=O)ccc34)cc2)CC1)O[C@H]1CN2CCC1CC2. The topological polar surface area (TPSA) is 156 Å². The summed E-state index contributed by atoms with van der Waals surface area (Å²) in [6, 6.07) is 24.1. The van der Waals surface area contributed by atoms with E-state index in [0.29, 0.717) is 80.9 Å². The number of phenols is 1. The van der Waals surface area contributed by atoms with Gasteiger partial charge in [-0.15, -0.1) is 0 Å². The second-order valence-electron chi connectivity index (χ2n) is 15.2. The summed E-state index contributed by atoms with van der Waals surface area (Å²) in [5.74, 6) is 1.31. The number of phenolic OH excluding ortho intramolecular Hbond substituents is 1. The molecule has 8 rings (SSSR count). The molecule has 292 valence electrons. The summed E-state index contributed by atoms with van der Waals surface area (Å²) in [5.41, 5.74) is 2.19. The number of unbranched alkanes of at least 4 members (excludes halogenated alkanes) is 1. The molecule has 4 saturated heterocycles. The first kappa shape index (κ1) is 38.4. The lowest BCUT2D eigenvalue weighted by Gasteiger charge is -2.45. The summed E-state index contributed by atoms with van der Waals surface area (Å²) < 4.78 is 12.0. The number of aromatic hydroxyl groups is 1. The van der Waals surface area contributed by atoms with Crippen LogP contribution in [0.3, 0.4) is 0 Å².